The third-order valence-corrected chi connectivity index (χ3v) is 6.93. The van der Waals surface area contributed by atoms with Crippen LogP contribution >= 0.6 is 11.3 Å². The summed E-state index contributed by atoms with van der Waals surface area (Å²) in [5, 5.41) is 4.46. The lowest BCUT2D eigenvalue weighted by molar-refractivity contribution is -0.126. The van der Waals surface area contributed by atoms with Gasteiger partial charge in [0.1, 0.15) is 17.0 Å². The Balaban J connectivity index is 1.44. The molecule has 2 aliphatic rings. The Morgan fingerprint density at radius 2 is 1.88 bits per heavy atom. The number of carbonyl (C=O) groups is 1. The summed E-state index contributed by atoms with van der Waals surface area (Å²) >= 11 is 1.74. The Morgan fingerprint density at radius 1 is 1.16 bits per heavy atom. The summed E-state index contributed by atoms with van der Waals surface area (Å²) in [6.07, 6.45) is 8.31. The Morgan fingerprint density at radius 3 is 2.60 bits per heavy atom. The van der Waals surface area contributed by atoms with Crippen LogP contribution in [-0.4, -0.2) is 35.0 Å². The summed E-state index contributed by atoms with van der Waals surface area (Å²) in [6, 6.07) is 0.420. The summed E-state index contributed by atoms with van der Waals surface area (Å²) in [7, 11) is 0. The van der Waals surface area contributed by atoms with Crippen LogP contribution in [0.4, 0.5) is 5.82 Å². The van der Waals surface area contributed by atoms with Crippen molar-refractivity contribution >= 4 is 33.3 Å². The van der Waals surface area contributed by atoms with Crippen molar-refractivity contribution in [2.75, 3.05) is 18.0 Å². The van der Waals surface area contributed by atoms with Crippen LogP contribution < -0.4 is 10.2 Å². The van der Waals surface area contributed by atoms with Crippen LogP contribution in [0.5, 0.6) is 0 Å². The maximum absolute atomic E-state index is 12.5. The van der Waals surface area contributed by atoms with E-state index in [-0.39, 0.29) is 11.8 Å². The number of nitrogens with zero attached hydrogens (tertiary/aromatic N) is 3. The Hall–Kier alpha value is -1.69. The van der Waals surface area contributed by atoms with Gasteiger partial charge in [0.05, 0.1) is 5.39 Å². The molecule has 6 heteroatoms. The first-order chi connectivity index (χ1) is 12.1. The van der Waals surface area contributed by atoms with Crippen molar-refractivity contribution in [1.82, 2.24) is 15.3 Å². The van der Waals surface area contributed by atoms with Crippen molar-refractivity contribution in [3.63, 3.8) is 0 Å². The number of aromatic nitrogens is 2. The molecule has 0 spiro atoms. The number of carbonyl (C=O) groups excluding carboxylic acids is 1. The highest BCUT2D eigenvalue weighted by atomic mass is 32.1. The van der Waals surface area contributed by atoms with E-state index in [2.05, 4.69) is 34.0 Å². The summed E-state index contributed by atoms with van der Waals surface area (Å²) < 4.78 is 0. The number of piperidine rings is 1. The number of amides is 1. The van der Waals surface area contributed by atoms with E-state index in [0.717, 1.165) is 49.4 Å². The van der Waals surface area contributed by atoms with E-state index in [0.29, 0.717) is 6.04 Å². The van der Waals surface area contributed by atoms with Crippen LogP contribution in [0.3, 0.4) is 0 Å². The van der Waals surface area contributed by atoms with Gasteiger partial charge in [-0.25, -0.2) is 9.97 Å². The third kappa shape index (κ3) is 3.24. The summed E-state index contributed by atoms with van der Waals surface area (Å²) in [4.78, 5) is 26.2. The van der Waals surface area contributed by atoms with Crippen molar-refractivity contribution in [1.29, 1.82) is 0 Å². The fourth-order valence-electron chi connectivity index (χ4n) is 4.15. The van der Waals surface area contributed by atoms with Gasteiger partial charge in [0.25, 0.3) is 0 Å². The number of fused-ring (bicyclic) bond motifs is 1. The average Bonchev–Trinajstić information content (AvgIpc) is 3.23. The molecule has 0 radical (unpaired) electrons. The molecule has 3 heterocycles. The second-order valence-corrected chi connectivity index (χ2v) is 8.62. The van der Waals surface area contributed by atoms with Crippen LogP contribution in [0, 0.1) is 19.8 Å². The fraction of sp³-hybridized carbons (Fsp3) is 0.632. The minimum absolute atomic E-state index is 0.152. The molecule has 134 valence electrons. The number of nitrogens with one attached hydrogen (secondary N) is 1. The van der Waals surface area contributed by atoms with Gasteiger partial charge in [0.15, 0.2) is 0 Å². The SMILES string of the molecule is Cc1sc2ncnc(N3CCC(C(=O)NC4CCCC4)CC3)c2c1C. The molecule has 5 nitrogen and oxygen atoms in total. The molecule has 1 amide bonds. The predicted molar refractivity (Wildman–Crippen MR) is 102 cm³/mol. The highest BCUT2D eigenvalue weighted by molar-refractivity contribution is 7.18. The second-order valence-electron chi connectivity index (χ2n) is 7.41. The topological polar surface area (TPSA) is 58.1 Å². The van der Waals surface area contributed by atoms with Crippen molar-refractivity contribution in [3.8, 4) is 0 Å². The zero-order valence-electron chi connectivity index (χ0n) is 15.0. The number of aryl methyl sites for hydroxylation is 2. The fourth-order valence-corrected chi connectivity index (χ4v) is 5.14. The normalized spacial score (nSPS) is 19.7. The second kappa shape index (κ2) is 6.90. The predicted octanol–water partition coefficient (Wildman–Crippen LogP) is 3.58. The standard InChI is InChI=1S/C19H26N4OS/c1-12-13(2)25-19-16(12)17(20-11-21-19)23-9-7-14(8-10-23)18(24)22-15-5-3-4-6-15/h11,14-15H,3-10H2,1-2H3,(H,22,24). The van der Waals surface area contributed by atoms with Gasteiger partial charge < -0.3 is 10.2 Å². The van der Waals surface area contributed by atoms with Gasteiger partial charge in [-0.1, -0.05) is 12.8 Å². The van der Waals surface area contributed by atoms with Crippen LogP contribution in [0.15, 0.2) is 6.33 Å². The molecule has 1 saturated heterocycles. The number of hydrogen-bond donors (Lipinski definition) is 1. The molecule has 1 aliphatic carbocycles. The largest absolute Gasteiger partial charge is 0.356 e. The smallest absolute Gasteiger partial charge is 0.223 e. The van der Waals surface area contributed by atoms with E-state index in [1.807, 2.05) is 0 Å². The van der Waals surface area contributed by atoms with Gasteiger partial charge >= 0.3 is 0 Å². The first kappa shape index (κ1) is 16.8. The van der Waals surface area contributed by atoms with Crippen LogP contribution in [0.1, 0.15) is 49.0 Å². The molecule has 1 saturated carbocycles. The van der Waals surface area contributed by atoms with Gasteiger partial charge in [-0.3, -0.25) is 4.79 Å². The monoisotopic (exact) mass is 358 g/mol. The van der Waals surface area contributed by atoms with E-state index < -0.39 is 0 Å². The lowest BCUT2D eigenvalue weighted by Crippen LogP contribution is -2.43. The van der Waals surface area contributed by atoms with Gasteiger partial charge in [-0.15, -0.1) is 11.3 Å². The molecule has 1 N–H and O–H groups in total. The molecule has 1 aliphatic heterocycles. The van der Waals surface area contributed by atoms with Gasteiger partial charge in [0.2, 0.25) is 5.91 Å². The lowest BCUT2D eigenvalue weighted by atomic mass is 9.95. The number of hydrogen-bond acceptors (Lipinski definition) is 5. The minimum atomic E-state index is 0.152. The molecule has 4 rings (SSSR count). The summed E-state index contributed by atoms with van der Waals surface area (Å²) in [5.74, 6) is 1.46. The Labute approximate surface area is 152 Å². The molecule has 0 aromatic carbocycles. The van der Waals surface area contributed by atoms with Gasteiger partial charge in [-0.05, 0) is 45.1 Å². The molecule has 2 aromatic rings. The van der Waals surface area contributed by atoms with Crippen molar-refractivity contribution in [2.45, 2.75) is 58.4 Å². The van der Waals surface area contributed by atoms with Crippen molar-refractivity contribution < 1.29 is 4.79 Å². The minimum Gasteiger partial charge on any atom is -0.356 e. The van der Waals surface area contributed by atoms with E-state index in [4.69, 9.17) is 0 Å². The molecule has 2 fully saturated rings. The van der Waals surface area contributed by atoms with Gasteiger partial charge in [-0.2, -0.15) is 0 Å². The van der Waals surface area contributed by atoms with E-state index in [1.165, 1.54) is 28.7 Å². The molecule has 0 unspecified atom stereocenters. The molecule has 0 bridgehead atoms. The first-order valence-electron chi connectivity index (χ1n) is 9.39. The van der Waals surface area contributed by atoms with E-state index >= 15 is 0 Å². The van der Waals surface area contributed by atoms with E-state index in [1.54, 1.807) is 17.7 Å². The first-order valence-corrected chi connectivity index (χ1v) is 10.2. The quantitative estimate of drug-likeness (QED) is 0.911. The third-order valence-electron chi connectivity index (χ3n) is 5.81. The molecular weight excluding hydrogens is 332 g/mol. The zero-order valence-corrected chi connectivity index (χ0v) is 15.9. The van der Waals surface area contributed by atoms with Gasteiger partial charge in [0, 0.05) is 29.9 Å². The highest BCUT2D eigenvalue weighted by Gasteiger charge is 2.29. The van der Waals surface area contributed by atoms with Crippen LogP contribution in [0.25, 0.3) is 10.2 Å². The Kier molecular flexibility index (Phi) is 4.63. The maximum Gasteiger partial charge on any atom is 0.223 e. The molecule has 25 heavy (non-hydrogen) atoms. The van der Waals surface area contributed by atoms with Crippen molar-refractivity contribution in [3.05, 3.63) is 16.8 Å². The van der Waals surface area contributed by atoms with Crippen molar-refractivity contribution in [2.24, 2.45) is 5.92 Å². The molecular formula is C19H26N4OS. The Bertz CT molecular complexity index is 773. The summed E-state index contributed by atoms with van der Waals surface area (Å²) in [5.41, 5.74) is 1.29. The van der Waals surface area contributed by atoms with E-state index in [9.17, 15) is 4.79 Å². The number of rotatable bonds is 3. The zero-order chi connectivity index (χ0) is 17.4. The maximum atomic E-state index is 12.5. The number of thiophene rings is 1. The lowest BCUT2D eigenvalue weighted by Gasteiger charge is -2.33. The average molecular weight is 359 g/mol. The molecule has 0 atom stereocenters. The highest BCUT2D eigenvalue weighted by Crippen LogP contribution is 2.35. The van der Waals surface area contributed by atoms with Crippen LogP contribution in [-0.2, 0) is 4.79 Å². The molecule has 2 aromatic heterocycles. The summed E-state index contributed by atoms with van der Waals surface area (Å²) in [6.45, 7) is 6.08. The van der Waals surface area contributed by atoms with Crippen LogP contribution in [0.2, 0.25) is 0 Å². The number of anilines is 1.